The number of benzene rings is 1. The highest BCUT2D eigenvalue weighted by Gasteiger charge is 2.20. The first-order valence-corrected chi connectivity index (χ1v) is 9.91. The van der Waals surface area contributed by atoms with Gasteiger partial charge in [-0.05, 0) is 24.6 Å². The van der Waals surface area contributed by atoms with Crippen LogP contribution in [-0.4, -0.2) is 46.9 Å². The van der Waals surface area contributed by atoms with Crippen LogP contribution in [0.3, 0.4) is 0 Å². The van der Waals surface area contributed by atoms with E-state index in [-0.39, 0.29) is 5.91 Å². The number of aromatic nitrogens is 1. The molecule has 0 aliphatic carbocycles. The van der Waals surface area contributed by atoms with Crippen molar-refractivity contribution in [3.63, 3.8) is 0 Å². The second-order valence-corrected chi connectivity index (χ2v) is 7.43. The zero-order valence-electron chi connectivity index (χ0n) is 16.6. The Hall–Kier alpha value is -2.90. The largest absolute Gasteiger partial charge is 0.467 e. The topological polar surface area (TPSA) is 74.8 Å². The van der Waals surface area contributed by atoms with Crippen molar-refractivity contribution in [2.45, 2.75) is 26.6 Å². The number of nitrogens with one attached hydrogen (secondary N) is 1. The summed E-state index contributed by atoms with van der Waals surface area (Å²) in [5, 5.41) is 2.78. The molecule has 0 atom stereocenters. The van der Waals surface area contributed by atoms with Crippen LogP contribution in [0.1, 0.15) is 33.3 Å². The summed E-state index contributed by atoms with van der Waals surface area (Å²) in [5.41, 5.74) is 2.95. The van der Waals surface area contributed by atoms with Gasteiger partial charge in [0, 0.05) is 32.7 Å². The summed E-state index contributed by atoms with van der Waals surface area (Å²) < 4.78 is 10.7. The molecule has 7 heteroatoms. The van der Waals surface area contributed by atoms with Crippen LogP contribution < -0.4 is 5.32 Å². The molecular formula is C22H26N4O3. The summed E-state index contributed by atoms with van der Waals surface area (Å²) in [6.07, 6.45) is 3.00. The van der Waals surface area contributed by atoms with Crippen LogP contribution in [0.5, 0.6) is 0 Å². The van der Waals surface area contributed by atoms with Crippen LogP contribution in [0.4, 0.5) is 0 Å². The van der Waals surface area contributed by atoms with Gasteiger partial charge in [-0.3, -0.25) is 14.6 Å². The van der Waals surface area contributed by atoms with Crippen LogP contribution in [0.15, 0.2) is 57.8 Å². The van der Waals surface area contributed by atoms with Gasteiger partial charge in [0.2, 0.25) is 5.89 Å². The van der Waals surface area contributed by atoms with E-state index in [4.69, 9.17) is 8.83 Å². The van der Waals surface area contributed by atoms with E-state index < -0.39 is 0 Å². The molecule has 3 heterocycles. The molecule has 1 fully saturated rings. The Bertz CT molecular complexity index is 927. The highest BCUT2D eigenvalue weighted by atomic mass is 16.3. The number of hydrogen-bond acceptors (Lipinski definition) is 6. The number of amides is 1. The van der Waals surface area contributed by atoms with E-state index in [1.165, 1.54) is 17.4 Å². The number of hydrogen-bond donors (Lipinski definition) is 1. The van der Waals surface area contributed by atoms with Crippen molar-refractivity contribution in [2.24, 2.45) is 0 Å². The molecule has 1 aliphatic heterocycles. The molecule has 0 spiro atoms. The fourth-order valence-corrected chi connectivity index (χ4v) is 3.52. The molecular weight excluding hydrogens is 368 g/mol. The van der Waals surface area contributed by atoms with E-state index in [2.05, 4.69) is 51.3 Å². The average molecular weight is 394 g/mol. The molecule has 152 valence electrons. The lowest BCUT2D eigenvalue weighted by molar-refractivity contribution is 0.0942. The Balaban J connectivity index is 1.23. The van der Waals surface area contributed by atoms with Crippen molar-refractivity contribution in [1.29, 1.82) is 0 Å². The lowest BCUT2D eigenvalue weighted by Crippen LogP contribution is -2.45. The van der Waals surface area contributed by atoms with Crippen molar-refractivity contribution in [1.82, 2.24) is 20.1 Å². The van der Waals surface area contributed by atoms with Crippen LogP contribution in [-0.2, 0) is 19.6 Å². The zero-order chi connectivity index (χ0) is 20.1. The van der Waals surface area contributed by atoms with Gasteiger partial charge in [0.1, 0.15) is 12.0 Å². The van der Waals surface area contributed by atoms with Crippen molar-refractivity contribution >= 4 is 5.91 Å². The van der Waals surface area contributed by atoms with E-state index in [1.54, 1.807) is 12.3 Å². The minimum atomic E-state index is -0.264. The molecule has 4 rings (SSSR count). The molecule has 0 bridgehead atoms. The molecule has 1 N–H and O–H groups in total. The van der Waals surface area contributed by atoms with Crippen LogP contribution in [0, 0.1) is 6.92 Å². The number of rotatable bonds is 7. The zero-order valence-corrected chi connectivity index (χ0v) is 16.6. The molecule has 29 heavy (non-hydrogen) atoms. The summed E-state index contributed by atoms with van der Waals surface area (Å²) in [6.45, 7) is 7.97. The summed E-state index contributed by atoms with van der Waals surface area (Å²) in [6, 6.07) is 12.3. The van der Waals surface area contributed by atoms with Gasteiger partial charge in [0.05, 0.1) is 19.4 Å². The third kappa shape index (κ3) is 5.34. The Morgan fingerprint density at radius 3 is 2.59 bits per heavy atom. The van der Waals surface area contributed by atoms with Crippen molar-refractivity contribution in [2.75, 3.05) is 26.2 Å². The van der Waals surface area contributed by atoms with Gasteiger partial charge in [0.25, 0.3) is 5.91 Å². The Morgan fingerprint density at radius 1 is 1.07 bits per heavy atom. The van der Waals surface area contributed by atoms with Crippen LogP contribution in [0.25, 0.3) is 0 Å². The number of carbonyl (C=O) groups is 1. The van der Waals surface area contributed by atoms with Gasteiger partial charge in [-0.1, -0.05) is 29.8 Å². The highest BCUT2D eigenvalue weighted by Crippen LogP contribution is 2.13. The standard InChI is InChI=1S/C22H26N4O3/c1-17-4-2-5-18(12-17)14-25-7-9-26(10-8-25)15-21-24-20(16-29-21)22(27)23-13-19-6-3-11-28-19/h2-6,11-12,16H,7-10,13-15H2,1H3,(H,23,27). The molecule has 1 aliphatic rings. The minimum Gasteiger partial charge on any atom is -0.467 e. The Kier molecular flexibility index (Phi) is 6.07. The molecule has 3 aromatic rings. The van der Waals surface area contributed by atoms with E-state index in [0.717, 1.165) is 32.7 Å². The van der Waals surface area contributed by atoms with Gasteiger partial charge < -0.3 is 14.2 Å². The molecule has 1 aromatic carbocycles. The number of oxazole rings is 1. The summed E-state index contributed by atoms with van der Waals surface area (Å²) >= 11 is 0. The normalized spacial score (nSPS) is 15.5. The predicted molar refractivity (Wildman–Crippen MR) is 108 cm³/mol. The van der Waals surface area contributed by atoms with Gasteiger partial charge in [0.15, 0.2) is 5.69 Å². The first-order valence-electron chi connectivity index (χ1n) is 9.91. The van der Waals surface area contributed by atoms with Gasteiger partial charge >= 0.3 is 0 Å². The summed E-state index contributed by atoms with van der Waals surface area (Å²) in [7, 11) is 0. The smallest absolute Gasteiger partial charge is 0.273 e. The van der Waals surface area contributed by atoms with E-state index in [0.29, 0.717) is 30.4 Å². The summed E-state index contributed by atoms with van der Waals surface area (Å²) in [5.74, 6) is 1.00. The molecule has 1 saturated heterocycles. The monoisotopic (exact) mass is 394 g/mol. The lowest BCUT2D eigenvalue weighted by Gasteiger charge is -2.34. The SMILES string of the molecule is Cc1cccc(CN2CCN(Cc3nc(C(=O)NCc4ccco4)co3)CC2)c1. The minimum absolute atomic E-state index is 0.264. The first kappa shape index (κ1) is 19.4. The fourth-order valence-electron chi connectivity index (χ4n) is 3.52. The molecule has 0 unspecified atom stereocenters. The van der Waals surface area contributed by atoms with E-state index in [1.807, 2.05) is 6.07 Å². The van der Waals surface area contributed by atoms with E-state index in [9.17, 15) is 4.79 Å². The number of furan rings is 1. The van der Waals surface area contributed by atoms with Gasteiger partial charge in [-0.2, -0.15) is 0 Å². The van der Waals surface area contributed by atoms with Crippen molar-refractivity contribution in [3.05, 3.63) is 77.4 Å². The molecule has 0 saturated carbocycles. The quantitative estimate of drug-likeness (QED) is 0.664. The number of carbonyl (C=O) groups excluding carboxylic acids is 1. The first-order chi connectivity index (χ1) is 14.2. The lowest BCUT2D eigenvalue weighted by atomic mass is 10.1. The van der Waals surface area contributed by atoms with E-state index >= 15 is 0 Å². The number of piperazine rings is 1. The third-order valence-corrected chi connectivity index (χ3v) is 5.10. The Morgan fingerprint density at radius 2 is 1.86 bits per heavy atom. The number of aryl methyl sites for hydroxylation is 1. The Labute approximate surface area is 170 Å². The summed E-state index contributed by atoms with van der Waals surface area (Å²) in [4.78, 5) is 21.3. The second kappa shape index (κ2) is 9.07. The third-order valence-electron chi connectivity index (χ3n) is 5.10. The maximum absolute atomic E-state index is 12.2. The highest BCUT2D eigenvalue weighted by molar-refractivity contribution is 5.91. The number of nitrogens with zero attached hydrogens (tertiary/aromatic N) is 3. The molecule has 1 amide bonds. The average Bonchev–Trinajstić information content (AvgIpc) is 3.40. The second-order valence-electron chi connectivity index (χ2n) is 7.43. The maximum atomic E-state index is 12.2. The maximum Gasteiger partial charge on any atom is 0.273 e. The van der Waals surface area contributed by atoms with Crippen molar-refractivity contribution < 1.29 is 13.6 Å². The van der Waals surface area contributed by atoms with Crippen molar-refractivity contribution in [3.8, 4) is 0 Å². The van der Waals surface area contributed by atoms with Crippen LogP contribution in [0.2, 0.25) is 0 Å². The van der Waals surface area contributed by atoms with Crippen LogP contribution >= 0.6 is 0 Å². The molecule has 0 radical (unpaired) electrons. The predicted octanol–water partition coefficient (Wildman–Crippen LogP) is 2.82. The molecule has 7 nitrogen and oxygen atoms in total. The van der Waals surface area contributed by atoms with Gasteiger partial charge in [-0.25, -0.2) is 4.98 Å². The fraction of sp³-hybridized carbons (Fsp3) is 0.364. The molecule has 2 aromatic heterocycles. The van der Waals surface area contributed by atoms with Gasteiger partial charge in [-0.15, -0.1) is 0 Å².